The first-order valence-electron chi connectivity index (χ1n) is 4.76. The predicted octanol–water partition coefficient (Wildman–Crippen LogP) is 1.09. The molecular weight excluding hydrogens is 233 g/mol. The van der Waals surface area contributed by atoms with Crippen molar-refractivity contribution in [3.05, 3.63) is 29.0 Å². The molecule has 0 bridgehead atoms. The van der Waals surface area contributed by atoms with E-state index < -0.39 is 17.8 Å². The maximum absolute atomic E-state index is 12.9. The summed E-state index contributed by atoms with van der Waals surface area (Å²) in [4.78, 5) is 11.5. The predicted molar refractivity (Wildman–Crippen MR) is 61.7 cm³/mol. The van der Waals surface area contributed by atoms with Gasteiger partial charge in [-0.2, -0.15) is 0 Å². The van der Waals surface area contributed by atoms with Crippen molar-refractivity contribution in [3.63, 3.8) is 0 Å². The third kappa shape index (κ3) is 3.44. The van der Waals surface area contributed by atoms with Crippen molar-refractivity contribution < 1.29 is 9.18 Å². The van der Waals surface area contributed by atoms with Crippen LogP contribution in [0.25, 0.3) is 0 Å². The molecule has 0 saturated carbocycles. The molecule has 1 aromatic rings. The van der Waals surface area contributed by atoms with Gasteiger partial charge in [-0.3, -0.25) is 4.79 Å². The van der Waals surface area contributed by atoms with Crippen LogP contribution in [0.2, 0.25) is 5.02 Å². The van der Waals surface area contributed by atoms with Crippen molar-refractivity contribution in [1.82, 2.24) is 0 Å². The van der Waals surface area contributed by atoms with Crippen LogP contribution in [0.15, 0.2) is 18.2 Å². The normalized spacial score (nSPS) is 12.2. The Balaban J connectivity index is 2.72. The van der Waals surface area contributed by atoms with Crippen molar-refractivity contribution >= 4 is 23.2 Å². The van der Waals surface area contributed by atoms with Gasteiger partial charge in [0, 0.05) is 0 Å². The molecule has 16 heavy (non-hydrogen) atoms. The quantitative estimate of drug-likeness (QED) is 0.743. The number of benzene rings is 1. The summed E-state index contributed by atoms with van der Waals surface area (Å²) in [6.07, 6.45) is 0.360. The molecule has 0 aliphatic carbocycles. The third-order valence-corrected chi connectivity index (χ3v) is 2.33. The van der Waals surface area contributed by atoms with Gasteiger partial charge in [0.1, 0.15) is 5.82 Å². The number of amides is 1. The molecule has 0 radical (unpaired) electrons. The first-order valence-corrected chi connectivity index (χ1v) is 5.14. The fourth-order valence-corrected chi connectivity index (χ4v) is 1.29. The summed E-state index contributed by atoms with van der Waals surface area (Å²) in [7, 11) is 0. The minimum absolute atomic E-state index is 0.208. The Morgan fingerprint density at radius 3 is 2.88 bits per heavy atom. The number of anilines is 1. The number of nitrogens with two attached hydrogens (primary N) is 2. The number of carbonyl (C=O) groups is 1. The Labute approximate surface area is 97.8 Å². The van der Waals surface area contributed by atoms with Crippen LogP contribution < -0.4 is 16.8 Å². The van der Waals surface area contributed by atoms with Crippen LogP contribution in [-0.4, -0.2) is 18.5 Å². The van der Waals surface area contributed by atoms with Crippen molar-refractivity contribution in [3.8, 4) is 0 Å². The monoisotopic (exact) mass is 245 g/mol. The van der Waals surface area contributed by atoms with Gasteiger partial charge in [0.25, 0.3) is 0 Å². The molecule has 0 saturated heterocycles. The Morgan fingerprint density at radius 2 is 2.25 bits per heavy atom. The SMILES string of the molecule is NCC[C@H](N)C(=O)Nc1cc(F)ccc1Cl. The zero-order chi connectivity index (χ0) is 12.1. The summed E-state index contributed by atoms with van der Waals surface area (Å²) in [5, 5.41) is 2.70. The molecule has 0 aromatic heterocycles. The molecule has 1 rings (SSSR count). The van der Waals surface area contributed by atoms with E-state index in [2.05, 4.69) is 5.32 Å². The van der Waals surface area contributed by atoms with Gasteiger partial charge in [-0.05, 0) is 31.2 Å². The Bertz CT molecular complexity index is 386. The summed E-state index contributed by atoms with van der Waals surface area (Å²) in [6.45, 7) is 0.311. The van der Waals surface area contributed by atoms with Gasteiger partial charge in [-0.25, -0.2) is 4.39 Å². The summed E-state index contributed by atoms with van der Waals surface area (Å²) in [5.74, 6) is -0.912. The van der Waals surface area contributed by atoms with E-state index in [0.29, 0.717) is 13.0 Å². The van der Waals surface area contributed by atoms with Crippen LogP contribution in [0.3, 0.4) is 0 Å². The lowest BCUT2D eigenvalue weighted by Gasteiger charge is -2.12. The lowest BCUT2D eigenvalue weighted by Crippen LogP contribution is -2.37. The molecule has 5 N–H and O–H groups in total. The van der Waals surface area contributed by atoms with E-state index in [1.54, 1.807) is 0 Å². The standard InChI is InChI=1S/C10H13ClFN3O/c11-7-2-1-6(12)5-9(7)15-10(16)8(14)3-4-13/h1-2,5,8H,3-4,13-14H2,(H,15,16)/t8-/m0/s1. The van der Waals surface area contributed by atoms with E-state index in [1.807, 2.05) is 0 Å². The van der Waals surface area contributed by atoms with Gasteiger partial charge in [0.05, 0.1) is 16.8 Å². The number of hydrogen-bond donors (Lipinski definition) is 3. The maximum Gasteiger partial charge on any atom is 0.241 e. The molecule has 88 valence electrons. The van der Waals surface area contributed by atoms with Crippen molar-refractivity contribution in [2.24, 2.45) is 11.5 Å². The van der Waals surface area contributed by atoms with E-state index >= 15 is 0 Å². The zero-order valence-corrected chi connectivity index (χ0v) is 9.30. The van der Waals surface area contributed by atoms with E-state index in [1.165, 1.54) is 12.1 Å². The Hall–Kier alpha value is -1.17. The van der Waals surface area contributed by atoms with Gasteiger partial charge in [0.15, 0.2) is 0 Å². The van der Waals surface area contributed by atoms with Crippen molar-refractivity contribution in [2.45, 2.75) is 12.5 Å². The highest BCUT2D eigenvalue weighted by molar-refractivity contribution is 6.33. The highest BCUT2D eigenvalue weighted by Crippen LogP contribution is 2.22. The molecule has 0 fully saturated rings. The second-order valence-corrected chi connectivity index (χ2v) is 3.70. The topological polar surface area (TPSA) is 81.1 Å². The smallest absolute Gasteiger partial charge is 0.241 e. The summed E-state index contributed by atoms with van der Waals surface area (Å²) < 4.78 is 12.9. The van der Waals surface area contributed by atoms with Gasteiger partial charge >= 0.3 is 0 Å². The van der Waals surface area contributed by atoms with Gasteiger partial charge in [0.2, 0.25) is 5.91 Å². The molecule has 0 heterocycles. The molecule has 0 aliphatic heterocycles. The van der Waals surface area contributed by atoms with E-state index in [0.717, 1.165) is 6.07 Å². The van der Waals surface area contributed by atoms with Gasteiger partial charge < -0.3 is 16.8 Å². The summed E-state index contributed by atoms with van der Waals surface area (Å²) in [6, 6.07) is 2.98. The summed E-state index contributed by atoms with van der Waals surface area (Å²) >= 11 is 5.78. The van der Waals surface area contributed by atoms with Crippen LogP contribution in [0.1, 0.15) is 6.42 Å². The van der Waals surface area contributed by atoms with Crippen LogP contribution in [0, 0.1) is 5.82 Å². The van der Waals surface area contributed by atoms with Crippen molar-refractivity contribution in [1.29, 1.82) is 0 Å². The Kier molecular flexibility index (Phi) is 4.67. The lowest BCUT2D eigenvalue weighted by atomic mass is 10.2. The second kappa shape index (κ2) is 5.79. The van der Waals surface area contributed by atoms with E-state index in [4.69, 9.17) is 23.1 Å². The minimum Gasteiger partial charge on any atom is -0.330 e. The average Bonchev–Trinajstić information content (AvgIpc) is 2.23. The highest BCUT2D eigenvalue weighted by atomic mass is 35.5. The van der Waals surface area contributed by atoms with Gasteiger partial charge in [-0.15, -0.1) is 0 Å². The molecule has 0 aliphatic rings. The molecule has 1 amide bonds. The fourth-order valence-electron chi connectivity index (χ4n) is 1.13. The van der Waals surface area contributed by atoms with Crippen LogP contribution in [0.5, 0.6) is 0 Å². The molecule has 1 atom stereocenters. The first kappa shape index (κ1) is 12.9. The third-order valence-electron chi connectivity index (χ3n) is 2.00. The van der Waals surface area contributed by atoms with Crippen molar-refractivity contribution in [2.75, 3.05) is 11.9 Å². The van der Waals surface area contributed by atoms with Crippen LogP contribution >= 0.6 is 11.6 Å². The molecular formula is C10H13ClFN3O. The lowest BCUT2D eigenvalue weighted by molar-refractivity contribution is -0.117. The number of nitrogens with one attached hydrogen (secondary N) is 1. The van der Waals surface area contributed by atoms with Crippen LogP contribution in [-0.2, 0) is 4.79 Å². The Morgan fingerprint density at radius 1 is 1.56 bits per heavy atom. The number of rotatable bonds is 4. The molecule has 0 spiro atoms. The maximum atomic E-state index is 12.9. The fraction of sp³-hybridized carbons (Fsp3) is 0.300. The first-order chi connectivity index (χ1) is 7.54. The van der Waals surface area contributed by atoms with E-state index in [-0.39, 0.29) is 10.7 Å². The highest BCUT2D eigenvalue weighted by Gasteiger charge is 2.14. The number of halogens is 2. The largest absolute Gasteiger partial charge is 0.330 e. The minimum atomic E-state index is -0.718. The molecule has 0 unspecified atom stereocenters. The number of carbonyl (C=O) groups excluding carboxylic acids is 1. The zero-order valence-electron chi connectivity index (χ0n) is 8.54. The molecule has 1 aromatic carbocycles. The second-order valence-electron chi connectivity index (χ2n) is 3.30. The average molecular weight is 246 g/mol. The van der Waals surface area contributed by atoms with Crippen LogP contribution in [0.4, 0.5) is 10.1 Å². The number of hydrogen-bond acceptors (Lipinski definition) is 3. The van der Waals surface area contributed by atoms with E-state index in [9.17, 15) is 9.18 Å². The van der Waals surface area contributed by atoms with Gasteiger partial charge in [-0.1, -0.05) is 11.6 Å². The molecule has 6 heteroatoms. The molecule has 4 nitrogen and oxygen atoms in total. The summed E-state index contributed by atoms with van der Waals surface area (Å²) in [5.41, 5.74) is 11.0.